The van der Waals surface area contributed by atoms with Crippen LogP contribution < -0.4 is 0 Å². The summed E-state index contributed by atoms with van der Waals surface area (Å²) in [4.78, 5) is 0. The number of benzene rings is 10. The van der Waals surface area contributed by atoms with Crippen LogP contribution in [0.5, 0.6) is 0 Å². The van der Waals surface area contributed by atoms with Gasteiger partial charge in [-0.05, 0) is 135 Å². The second-order valence-electron chi connectivity index (χ2n) is 15.1. The highest BCUT2D eigenvalue weighted by Crippen LogP contribution is 2.39. The summed E-state index contributed by atoms with van der Waals surface area (Å²) in [6.45, 7) is 0. The van der Waals surface area contributed by atoms with Crippen LogP contribution in [-0.2, 0) is 0 Å². The molecule has 10 aromatic rings. The van der Waals surface area contributed by atoms with Gasteiger partial charge in [0.25, 0.3) is 0 Å². The molecule has 10 rings (SSSR count). The monoisotopic (exact) mass is 756 g/mol. The highest BCUT2D eigenvalue weighted by molar-refractivity contribution is 6.02. The van der Waals surface area contributed by atoms with Crippen LogP contribution in [0.25, 0.3) is 99.1 Å². The van der Waals surface area contributed by atoms with Gasteiger partial charge < -0.3 is 0 Å². The Bertz CT molecular complexity index is 3030. The van der Waals surface area contributed by atoms with Crippen LogP contribution in [0.3, 0.4) is 0 Å². The molecule has 10 aromatic carbocycles. The lowest BCUT2D eigenvalue weighted by Gasteiger charge is -2.14. The van der Waals surface area contributed by atoms with E-state index in [0.717, 1.165) is 116 Å². The summed E-state index contributed by atoms with van der Waals surface area (Å²) in [5, 5.41) is 6.72. The van der Waals surface area contributed by atoms with Crippen molar-refractivity contribution in [3.8, 4) is 104 Å². The number of terminal acetylenes is 3. The molecule has 0 bridgehead atoms. The first-order valence-electron chi connectivity index (χ1n) is 20.0. The van der Waals surface area contributed by atoms with Crippen LogP contribution in [0, 0.1) is 37.0 Å². The topological polar surface area (TPSA) is 0 Å². The molecule has 0 nitrogen and oxygen atoms in total. The van der Waals surface area contributed by atoms with Gasteiger partial charge in [0.1, 0.15) is 0 Å². The van der Waals surface area contributed by atoms with Crippen molar-refractivity contribution in [3.05, 3.63) is 217 Å². The van der Waals surface area contributed by atoms with Gasteiger partial charge in [-0.2, -0.15) is 0 Å². The summed E-state index contributed by atoms with van der Waals surface area (Å²) in [5.74, 6) is 8.55. The van der Waals surface area contributed by atoms with Gasteiger partial charge in [0.2, 0.25) is 0 Å². The van der Waals surface area contributed by atoms with Gasteiger partial charge in [0.05, 0.1) is 0 Å². The highest BCUT2D eigenvalue weighted by Gasteiger charge is 2.13. The summed E-state index contributed by atoms with van der Waals surface area (Å²) in [7, 11) is 0. The zero-order valence-electron chi connectivity index (χ0n) is 32.8. The molecule has 0 radical (unpaired) electrons. The van der Waals surface area contributed by atoms with Gasteiger partial charge in [0, 0.05) is 16.7 Å². The Hall–Kier alpha value is -8.34. The maximum absolute atomic E-state index is 5.86. The van der Waals surface area contributed by atoms with Gasteiger partial charge in [-0.15, -0.1) is 19.3 Å². The summed E-state index contributed by atoms with van der Waals surface area (Å²) >= 11 is 0. The average molecular weight is 757 g/mol. The molecule has 0 aliphatic rings. The van der Waals surface area contributed by atoms with Crippen molar-refractivity contribution in [1.29, 1.82) is 0 Å². The molecule has 0 spiro atoms. The van der Waals surface area contributed by atoms with E-state index in [2.05, 4.69) is 182 Å². The molecule has 0 heteroatoms. The Kier molecular flexibility index (Phi) is 9.13. The molecule has 0 saturated heterocycles. The summed E-state index contributed by atoms with van der Waals surface area (Å²) in [6, 6.07) is 71.2. The van der Waals surface area contributed by atoms with E-state index in [9.17, 15) is 0 Å². The van der Waals surface area contributed by atoms with E-state index in [4.69, 9.17) is 19.3 Å². The van der Waals surface area contributed by atoms with E-state index < -0.39 is 0 Å². The van der Waals surface area contributed by atoms with E-state index in [1.54, 1.807) is 0 Å². The maximum Gasteiger partial charge on any atom is 0.0321 e. The molecule has 60 heavy (non-hydrogen) atoms. The van der Waals surface area contributed by atoms with Crippen LogP contribution >= 0.6 is 0 Å². The lowest BCUT2D eigenvalue weighted by Crippen LogP contribution is -1.89. The lowest BCUT2D eigenvalue weighted by atomic mass is 9.90. The molecule has 276 valence electrons. The quantitative estimate of drug-likeness (QED) is 0.148. The molecule has 0 aliphatic heterocycles. The Morgan fingerprint density at radius 3 is 0.700 bits per heavy atom. The SMILES string of the molecule is C#Cc1ccc(-c2ccc(-c3cc(-c4ccc(-c5ccc(C#C)c6ccccc56)cc4)cc(-c4ccc(-c5ccc(C#C)c6ccccc56)cc4)c3)cc2)c2ccccc12. The zero-order valence-corrected chi connectivity index (χ0v) is 32.8. The van der Waals surface area contributed by atoms with Crippen molar-refractivity contribution in [1.82, 2.24) is 0 Å². The van der Waals surface area contributed by atoms with Crippen molar-refractivity contribution in [2.24, 2.45) is 0 Å². The van der Waals surface area contributed by atoms with Gasteiger partial charge in [-0.1, -0.05) is 182 Å². The van der Waals surface area contributed by atoms with E-state index in [1.165, 1.54) is 0 Å². The lowest BCUT2D eigenvalue weighted by molar-refractivity contribution is 1.55. The van der Waals surface area contributed by atoms with Crippen LogP contribution in [-0.4, -0.2) is 0 Å². The molecule has 0 aromatic heterocycles. The van der Waals surface area contributed by atoms with Crippen molar-refractivity contribution >= 4 is 32.3 Å². The first-order chi connectivity index (χ1) is 29.6. The largest absolute Gasteiger partial charge is 0.115 e. The fourth-order valence-electron chi connectivity index (χ4n) is 8.68. The minimum absolute atomic E-state index is 0.904. The summed E-state index contributed by atoms with van der Waals surface area (Å²) in [5.41, 5.74) is 16.5. The van der Waals surface area contributed by atoms with Crippen LogP contribution in [0.2, 0.25) is 0 Å². The molecule has 0 N–H and O–H groups in total. The van der Waals surface area contributed by atoms with Gasteiger partial charge in [-0.25, -0.2) is 0 Å². The molecule has 0 unspecified atom stereocenters. The fraction of sp³-hybridized carbons (Fsp3) is 0. The third-order valence-electron chi connectivity index (χ3n) is 11.8. The van der Waals surface area contributed by atoms with E-state index in [0.29, 0.717) is 0 Å². The zero-order chi connectivity index (χ0) is 40.6. The number of hydrogen-bond acceptors (Lipinski definition) is 0. The molecule has 0 aliphatic carbocycles. The molecule has 0 heterocycles. The number of fused-ring (bicyclic) bond motifs is 3. The predicted molar refractivity (Wildman–Crippen MR) is 255 cm³/mol. The molecular formula is C60H36. The summed E-state index contributed by atoms with van der Waals surface area (Å²) < 4.78 is 0. The first kappa shape index (κ1) is 36.0. The van der Waals surface area contributed by atoms with E-state index in [1.807, 2.05) is 36.4 Å². The molecule has 0 atom stereocenters. The Morgan fingerprint density at radius 2 is 0.450 bits per heavy atom. The van der Waals surface area contributed by atoms with Crippen LogP contribution in [0.1, 0.15) is 16.7 Å². The normalized spacial score (nSPS) is 10.9. The van der Waals surface area contributed by atoms with Crippen molar-refractivity contribution in [2.75, 3.05) is 0 Å². The first-order valence-corrected chi connectivity index (χ1v) is 20.0. The minimum Gasteiger partial charge on any atom is -0.115 e. The molecule has 0 fully saturated rings. The Labute approximate surface area is 351 Å². The van der Waals surface area contributed by atoms with E-state index >= 15 is 0 Å². The van der Waals surface area contributed by atoms with Crippen molar-refractivity contribution in [3.63, 3.8) is 0 Å². The fourth-order valence-corrected chi connectivity index (χ4v) is 8.68. The average Bonchev–Trinajstić information content (AvgIpc) is 3.33. The molecule has 0 amide bonds. The van der Waals surface area contributed by atoms with E-state index in [-0.39, 0.29) is 0 Å². The van der Waals surface area contributed by atoms with Crippen molar-refractivity contribution in [2.45, 2.75) is 0 Å². The number of rotatable bonds is 6. The van der Waals surface area contributed by atoms with Crippen molar-refractivity contribution < 1.29 is 0 Å². The van der Waals surface area contributed by atoms with Gasteiger partial charge >= 0.3 is 0 Å². The number of hydrogen-bond donors (Lipinski definition) is 0. The molecule has 0 saturated carbocycles. The summed E-state index contributed by atoms with van der Waals surface area (Å²) in [6.07, 6.45) is 17.6. The Balaban J connectivity index is 1.06. The minimum atomic E-state index is 0.904. The Morgan fingerprint density at radius 1 is 0.217 bits per heavy atom. The maximum atomic E-state index is 5.86. The predicted octanol–water partition coefficient (Wildman–Crippen LogP) is 15.1. The third kappa shape index (κ3) is 6.39. The van der Waals surface area contributed by atoms with Gasteiger partial charge in [0.15, 0.2) is 0 Å². The van der Waals surface area contributed by atoms with Crippen LogP contribution in [0.15, 0.2) is 200 Å². The smallest absolute Gasteiger partial charge is 0.0321 e. The third-order valence-corrected chi connectivity index (χ3v) is 11.8. The molecular weight excluding hydrogens is 721 g/mol. The van der Waals surface area contributed by atoms with Gasteiger partial charge in [-0.3, -0.25) is 0 Å². The highest BCUT2D eigenvalue weighted by atomic mass is 14.2. The second kappa shape index (κ2) is 15.2. The standard InChI is InChI=1S/C60H36/c1-4-40-31-34-55(58-16-10-7-13-52(40)58)46-25-19-43(20-26-46)49-37-50(44-21-27-47(28-22-44)56-35-32-41(5-2)53-14-8-11-17-59(53)56)39-51(38-49)45-23-29-48(30-24-45)57-36-33-42(6-3)54-15-9-12-18-60(54)57/h1-3,7-39H. The van der Waals surface area contributed by atoms with Crippen LogP contribution in [0.4, 0.5) is 0 Å². The second-order valence-corrected chi connectivity index (χ2v) is 15.1.